The number of rotatable bonds is 4. The molecule has 2 heterocycles. The molecule has 25 heavy (non-hydrogen) atoms. The summed E-state index contributed by atoms with van der Waals surface area (Å²) in [6.07, 6.45) is 4.51. The highest BCUT2D eigenvalue weighted by Gasteiger charge is 2.42. The van der Waals surface area contributed by atoms with E-state index in [1.54, 1.807) is 28.0 Å². The highest BCUT2D eigenvalue weighted by atomic mass is 16.3. The summed E-state index contributed by atoms with van der Waals surface area (Å²) in [7, 11) is 0. The van der Waals surface area contributed by atoms with Gasteiger partial charge in [0.25, 0.3) is 0 Å². The highest BCUT2D eigenvalue weighted by Crippen LogP contribution is 2.32. The molecule has 2 amide bonds. The summed E-state index contributed by atoms with van der Waals surface area (Å²) < 4.78 is 1.67. The van der Waals surface area contributed by atoms with Crippen LogP contribution in [0.15, 0.2) is 42.7 Å². The third-order valence-electron chi connectivity index (χ3n) is 4.97. The van der Waals surface area contributed by atoms with Crippen molar-refractivity contribution in [1.82, 2.24) is 15.1 Å². The van der Waals surface area contributed by atoms with Crippen molar-refractivity contribution in [1.29, 1.82) is 0 Å². The van der Waals surface area contributed by atoms with Crippen molar-refractivity contribution in [3.05, 3.63) is 48.3 Å². The molecule has 2 aromatic rings. The normalized spacial score (nSPS) is 25.2. The molecule has 1 aromatic carbocycles. The fourth-order valence-electron chi connectivity index (χ4n) is 3.64. The average Bonchev–Trinajstić information content (AvgIpc) is 3.10. The predicted molar refractivity (Wildman–Crippen MR) is 90.9 cm³/mol. The molecular weight excluding hydrogens is 320 g/mol. The number of anilines is 1. The topological polar surface area (TPSA) is 87.5 Å². The van der Waals surface area contributed by atoms with Gasteiger partial charge >= 0.3 is 0 Å². The number of carbonyl (C=O) groups is 2. The minimum Gasteiger partial charge on any atom is -0.391 e. The van der Waals surface area contributed by atoms with Crippen LogP contribution in [0.2, 0.25) is 0 Å². The second-order valence-corrected chi connectivity index (χ2v) is 6.56. The number of hydrogen-bond donors (Lipinski definition) is 2. The van der Waals surface area contributed by atoms with Gasteiger partial charge in [0, 0.05) is 24.5 Å². The number of nitrogens with one attached hydrogen (secondary N) is 1. The number of aromatic nitrogens is 2. The number of para-hydroxylation sites is 1. The fraction of sp³-hybridized carbons (Fsp3) is 0.389. The Labute approximate surface area is 145 Å². The number of aliphatic hydroxyl groups excluding tert-OH is 1. The van der Waals surface area contributed by atoms with Crippen LogP contribution in [0.5, 0.6) is 0 Å². The first-order valence-electron chi connectivity index (χ1n) is 8.48. The van der Waals surface area contributed by atoms with Crippen molar-refractivity contribution in [2.75, 3.05) is 11.4 Å². The molecule has 2 aliphatic rings. The van der Waals surface area contributed by atoms with E-state index in [1.807, 2.05) is 24.3 Å². The zero-order valence-electron chi connectivity index (χ0n) is 13.7. The number of carbonyl (C=O) groups excluding carboxylic acids is 2. The summed E-state index contributed by atoms with van der Waals surface area (Å²) in [4.78, 5) is 26.3. The first-order chi connectivity index (χ1) is 12.1. The van der Waals surface area contributed by atoms with E-state index >= 15 is 0 Å². The number of aryl methyl sites for hydroxylation is 1. The van der Waals surface area contributed by atoms with E-state index in [1.165, 1.54) is 0 Å². The Morgan fingerprint density at radius 1 is 1.28 bits per heavy atom. The molecule has 2 N–H and O–H groups in total. The lowest BCUT2D eigenvalue weighted by Crippen LogP contribution is -2.57. The molecule has 0 unspecified atom stereocenters. The molecule has 0 saturated heterocycles. The average molecular weight is 340 g/mol. The fourth-order valence-corrected chi connectivity index (χ4v) is 3.64. The van der Waals surface area contributed by atoms with Crippen molar-refractivity contribution in [2.45, 2.75) is 37.5 Å². The van der Waals surface area contributed by atoms with Gasteiger partial charge in [0.15, 0.2) is 0 Å². The van der Waals surface area contributed by atoms with Crippen LogP contribution in [-0.2, 0) is 16.0 Å². The summed E-state index contributed by atoms with van der Waals surface area (Å²) in [5.74, 6) is -0.259. The molecule has 0 spiro atoms. The first-order valence-corrected chi connectivity index (χ1v) is 8.48. The largest absolute Gasteiger partial charge is 0.391 e. The van der Waals surface area contributed by atoms with Crippen LogP contribution in [-0.4, -0.2) is 45.4 Å². The summed E-state index contributed by atoms with van der Waals surface area (Å²) in [6, 6.07) is 9.02. The number of fused-ring (bicyclic) bond motifs is 1. The predicted octanol–water partition coefficient (Wildman–Crippen LogP) is 0.653. The number of hydrogen-bond acceptors (Lipinski definition) is 4. The standard InChI is InChI=1S/C18H20N4O3/c23-15-10-13(18(15)22-9-3-8-19-22)20-16(24)11-21-14-5-2-1-4-12(14)6-7-17(21)25/h1-5,8-9,13,15,18,23H,6-7,10-11H2,(H,20,24)/t13-,15+,18+/m0/s1. The summed E-state index contributed by atoms with van der Waals surface area (Å²) in [6.45, 7) is -0.00569. The molecule has 7 heteroatoms. The van der Waals surface area contributed by atoms with E-state index in [0.29, 0.717) is 19.3 Å². The van der Waals surface area contributed by atoms with Crippen LogP contribution in [0.4, 0.5) is 5.69 Å². The van der Waals surface area contributed by atoms with E-state index in [9.17, 15) is 14.7 Å². The Bertz CT molecular complexity index is 789. The summed E-state index contributed by atoms with van der Waals surface area (Å²) >= 11 is 0. The van der Waals surface area contributed by atoms with Crippen LogP contribution in [0.1, 0.15) is 24.4 Å². The van der Waals surface area contributed by atoms with Gasteiger partial charge in [-0.15, -0.1) is 0 Å². The number of nitrogens with zero attached hydrogens (tertiary/aromatic N) is 3. The van der Waals surface area contributed by atoms with E-state index in [-0.39, 0.29) is 30.4 Å². The van der Waals surface area contributed by atoms with Gasteiger partial charge in [0.05, 0.1) is 18.2 Å². The molecule has 1 aromatic heterocycles. The summed E-state index contributed by atoms with van der Waals surface area (Å²) in [5.41, 5.74) is 1.90. The van der Waals surface area contributed by atoms with Gasteiger partial charge in [-0.25, -0.2) is 0 Å². The molecule has 7 nitrogen and oxygen atoms in total. The Morgan fingerprint density at radius 3 is 2.88 bits per heavy atom. The zero-order chi connectivity index (χ0) is 17.4. The lowest BCUT2D eigenvalue weighted by Gasteiger charge is -2.42. The van der Waals surface area contributed by atoms with Crippen LogP contribution in [0, 0.1) is 0 Å². The van der Waals surface area contributed by atoms with Crippen LogP contribution in [0.3, 0.4) is 0 Å². The van der Waals surface area contributed by atoms with E-state index in [0.717, 1.165) is 11.3 Å². The number of aliphatic hydroxyl groups is 1. The molecule has 4 rings (SSSR count). The van der Waals surface area contributed by atoms with Crippen molar-refractivity contribution < 1.29 is 14.7 Å². The van der Waals surface area contributed by atoms with Crippen molar-refractivity contribution >= 4 is 17.5 Å². The van der Waals surface area contributed by atoms with Gasteiger partial charge in [0.2, 0.25) is 11.8 Å². The minimum atomic E-state index is -0.525. The Balaban J connectivity index is 1.44. The Kier molecular flexibility index (Phi) is 4.01. The van der Waals surface area contributed by atoms with Crippen molar-refractivity contribution in [3.63, 3.8) is 0 Å². The van der Waals surface area contributed by atoms with E-state index < -0.39 is 6.10 Å². The molecule has 130 valence electrons. The molecule has 3 atom stereocenters. The second kappa shape index (κ2) is 6.33. The van der Waals surface area contributed by atoms with Gasteiger partial charge in [-0.2, -0.15) is 5.10 Å². The molecule has 0 bridgehead atoms. The summed E-state index contributed by atoms with van der Waals surface area (Å²) in [5, 5.41) is 17.1. The minimum absolute atomic E-state index is 0.00569. The Hall–Kier alpha value is -2.67. The maximum atomic E-state index is 12.5. The van der Waals surface area contributed by atoms with Crippen LogP contribution >= 0.6 is 0 Å². The van der Waals surface area contributed by atoms with Gasteiger partial charge in [-0.05, 0) is 30.5 Å². The monoisotopic (exact) mass is 340 g/mol. The van der Waals surface area contributed by atoms with Crippen molar-refractivity contribution in [2.24, 2.45) is 0 Å². The van der Waals surface area contributed by atoms with E-state index in [2.05, 4.69) is 10.4 Å². The number of amides is 2. The van der Waals surface area contributed by atoms with Gasteiger partial charge in [-0.3, -0.25) is 14.3 Å². The molecule has 0 radical (unpaired) electrons. The molecule has 1 aliphatic carbocycles. The van der Waals surface area contributed by atoms with Crippen LogP contribution in [0.25, 0.3) is 0 Å². The first kappa shape index (κ1) is 15.8. The molecule has 1 fully saturated rings. The highest BCUT2D eigenvalue weighted by molar-refractivity contribution is 6.01. The molecule has 1 aliphatic heterocycles. The zero-order valence-corrected chi connectivity index (χ0v) is 13.7. The second-order valence-electron chi connectivity index (χ2n) is 6.56. The van der Waals surface area contributed by atoms with Gasteiger partial charge in [0.1, 0.15) is 6.54 Å². The molecule has 1 saturated carbocycles. The SMILES string of the molecule is O=C(CN1C(=O)CCc2ccccc21)N[C@H]1C[C@@H](O)[C@@H]1n1cccn1. The Morgan fingerprint density at radius 2 is 2.12 bits per heavy atom. The number of benzene rings is 1. The maximum absolute atomic E-state index is 12.5. The molecular formula is C18H20N4O3. The van der Waals surface area contributed by atoms with Crippen molar-refractivity contribution in [3.8, 4) is 0 Å². The van der Waals surface area contributed by atoms with E-state index in [4.69, 9.17) is 0 Å². The van der Waals surface area contributed by atoms with Crippen LogP contribution < -0.4 is 10.2 Å². The quantitative estimate of drug-likeness (QED) is 0.856. The maximum Gasteiger partial charge on any atom is 0.240 e. The van der Waals surface area contributed by atoms with Gasteiger partial charge < -0.3 is 15.3 Å². The van der Waals surface area contributed by atoms with Gasteiger partial charge in [-0.1, -0.05) is 18.2 Å². The lowest BCUT2D eigenvalue weighted by atomic mass is 9.83. The smallest absolute Gasteiger partial charge is 0.240 e. The third kappa shape index (κ3) is 2.91. The third-order valence-corrected chi connectivity index (χ3v) is 4.97. The lowest BCUT2D eigenvalue weighted by molar-refractivity contribution is -0.126.